The number of halogens is 1. The van der Waals surface area contributed by atoms with E-state index in [1.807, 2.05) is 44.2 Å². The average Bonchev–Trinajstić information content (AvgIpc) is 2.61. The van der Waals surface area contributed by atoms with Crippen LogP contribution >= 0.6 is 12.4 Å². The van der Waals surface area contributed by atoms with E-state index in [4.69, 9.17) is 5.73 Å². The van der Waals surface area contributed by atoms with Gasteiger partial charge in [-0.1, -0.05) is 24.3 Å². The second-order valence-corrected chi connectivity index (χ2v) is 6.32. The molecule has 0 atom stereocenters. The van der Waals surface area contributed by atoms with E-state index in [0.29, 0.717) is 17.7 Å². The maximum absolute atomic E-state index is 12.6. The number of rotatable bonds is 5. The molecule has 2 aromatic carbocycles. The Hall–Kier alpha value is -2.37. The molecule has 0 unspecified atom stereocenters. The number of amides is 2. The van der Waals surface area contributed by atoms with Crippen LogP contribution in [0.1, 0.15) is 34.6 Å². The van der Waals surface area contributed by atoms with Gasteiger partial charge in [-0.05, 0) is 44.2 Å². The highest BCUT2D eigenvalue weighted by molar-refractivity contribution is 6.07. The van der Waals surface area contributed by atoms with Crippen LogP contribution in [-0.2, 0) is 0 Å². The van der Waals surface area contributed by atoms with Crippen LogP contribution < -0.4 is 16.0 Å². The molecule has 2 amide bonds. The summed E-state index contributed by atoms with van der Waals surface area (Å²) >= 11 is 0. The first-order valence-electron chi connectivity index (χ1n) is 7.80. The predicted octanol–water partition coefficient (Wildman–Crippen LogP) is 2.85. The molecular weight excluding hydrogens is 338 g/mol. The zero-order valence-electron chi connectivity index (χ0n) is 14.7. The van der Waals surface area contributed by atoms with Crippen LogP contribution in [0, 0.1) is 0 Å². The normalized spacial score (nSPS) is 10.6. The number of nitrogens with zero attached hydrogens (tertiary/aromatic N) is 1. The Morgan fingerprint density at radius 2 is 1.64 bits per heavy atom. The fraction of sp³-hybridized carbons (Fsp3) is 0.263. The maximum Gasteiger partial charge on any atom is 0.258 e. The van der Waals surface area contributed by atoms with E-state index < -0.39 is 5.54 Å². The first kappa shape index (κ1) is 20.7. The van der Waals surface area contributed by atoms with Gasteiger partial charge in [0.05, 0.1) is 0 Å². The van der Waals surface area contributed by atoms with Gasteiger partial charge in [0.25, 0.3) is 11.8 Å². The lowest BCUT2D eigenvalue weighted by atomic mass is 10.0. The number of hydrogen-bond donors (Lipinski definition) is 2. The van der Waals surface area contributed by atoms with Crippen molar-refractivity contribution in [2.45, 2.75) is 19.4 Å². The summed E-state index contributed by atoms with van der Waals surface area (Å²) in [6, 6.07) is 16.0. The van der Waals surface area contributed by atoms with Crippen molar-refractivity contribution >= 4 is 29.9 Å². The summed E-state index contributed by atoms with van der Waals surface area (Å²) in [5.74, 6) is -0.420. The van der Waals surface area contributed by atoms with E-state index in [9.17, 15) is 9.59 Å². The van der Waals surface area contributed by atoms with Crippen molar-refractivity contribution in [3.05, 3.63) is 65.7 Å². The van der Waals surface area contributed by atoms with Gasteiger partial charge in [-0.3, -0.25) is 9.59 Å². The molecule has 0 aliphatic carbocycles. The van der Waals surface area contributed by atoms with E-state index in [2.05, 4.69) is 5.32 Å². The molecule has 0 heterocycles. The van der Waals surface area contributed by atoms with E-state index in [1.54, 1.807) is 36.2 Å². The lowest BCUT2D eigenvalue weighted by Crippen LogP contribution is -2.48. The highest BCUT2D eigenvalue weighted by Gasteiger charge is 2.20. The Morgan fingerprint density at radius 1 is 1.04 bits per heavy atom. The topological polar surface area (TPSA) is 75.4 Å². The maximum atomic E-state index is 12.6. The van der Waals surface area contributed by atoms with Gasteiger partial charge in [-0.15, -0.1) is 12.4 Å². The summed E-state index contributed by atoms with van der Waals surface area (Å²) in [6.45, 7) is 4.03. The van der Waals surface area contributed by atoms with Crippen molar-refractivity contribution in [3.8, 4) is 0 Å². The van der Waals surface area contributed by atoms with Gasteiger partial charge < -0.3 is 16.0 Å². The largest absolute Gasteiger partial charge is 0.346 e. The van der Waals surface area contributed by atoms with Crippen LogP contribution in [0.25, 0.3) is 0 Å². The van der Waals surface area contributed by atoms with Gasteiger partial charge in [-0.25, -0.2) is 0 Å². The molecule has 0 aromatic heterocycles. The molecule has 134 valence electrons. The fourth-order valence-electron chi connectivity index (χ4n) is 2.19. The first-order valence-corrected chi connectivity index (χ1v) is 7.80. The first-order chi connectivity index (χ1) is 11.3. The molecule has 0 saturated heterocycles. The van der Waals surface area contributed by atoms with Gasteiger partial charge in [-0.2, -0.15) is 0 Å². The summed E-state index contributed by atoms with van der Waals surface area (Å²) in [5.41, 5.74) is 6.82. The summed E-state index contributed by atoms with van der Waals surface area (Å²) in [6.07, 6.45) is 0. The number of anilines is 1. The van der Waals surface area contributed by atoms with Crippen LogP contribution in [-0.4, -0.2) is 30.9 Å². The molecule has 6 heteroatoms. The van der Waals surface area contributed by atoms with Crippen molar-refractivity contribution in [1.82, 2.24) is 5.32 Å². The number of carbonyl (C=O) groups is 2. The van der Waals surface area contributed by atoms with E-state index in [0.717, 1.165) is 5.69 Å². The van der Waals surface area contributed by atoms with E-state index in [-0.39, 0.29) is 24.2 Å². The molecule has 0 aliphatic rings. The lowest BCUT2D eigenvalue weighted by Gasteiger charge is -2.24. The molecule has 25 heavy (non-hydrogen) atoms. The number of hydrogen-bond acceptors (Lipinski definition) is 3. The van der Waals surface area contributed by atoms with Crippen LogP contribution in [0.4, 0.5) is 5.69 Å². The summed E-state index contributed by atoms with van der Waals surface area (Å²) in [5, 5.41) is 2.86. The lowest BCUT2D eigenvalue weighted by molar-refractivity contribution is 0.0915. The number of nitrogens with two attached hydrogens (primary N) is 1. The molecule has 5 nitrogen and oxygen atoms in total. The second kappa shape index (κ2) is 8.65. The zero-order valence-corrected chi connectivity index (χ0v) is 15.5. The fourth-order valence-corrected chi connectivity index (χ4v) is 2.19. The number of benzene rings is 2. The quantitative estimate of drug-likeness (QED) is 0.859. The van der Waals surface area contributed by atoms with E-state index in [1.165, 1.54) is 0 Å². The van der Waals surface area contributed by atoms with Crippen molar-refractivity contribution < 1.29 is 9.59 Å². The van der Waals surface area contributed by atoms with Gasteiger partial charge in [0.1, 0.15) is 0 Å². The van der Waals surface area contributed by atoms with Gasteiger partial charge in [0.15, 0.2) is 0 Å². The molecule has 2 aromatic rings. The highest BCUT2D eigenvalue weighted by Crippen LogP contribution is 2.16. The molecule has 0 saturated carbocycles. The minimum Gasteiger partial charge on any atom is -0.346 e. The van der Waals surface area contributed by atoms with Gasteiger partial charge in [0, 0.05) is 35.9 Å². The monoisotopic (exact) mass is 361 g/mol. The van der Waals surface area contributed by atoms with Crippen molar-refractivity contribution in [3.63, 3.8) is 0 Å². The van der Waals surface area contributed by atoms with Crippen LogP contribution in [0.3, 0.4) is 0 Å². The number of carbonyl (C=O) groups excluding carboxylic acids is 2. The van der Waals surface area contributed by atoms with Gasteiger partial charge >= 0.3 is 0 Å². The Bertz CT molecular complexity index is 732. The average molecular weight is 362 g/mol. The molecule has 0 fully saturated rings. The third-order valence-corrected chi connectivity index (χ3v) is 3.78. The standard InChI is InChI=1S/C19H23N3O2.ClH/c1-19(2,13-20)21-17(23)14-8-7-9-15(12-14)18(24)22(3)16-10-5-4-6-11-16;/h4-12H,13,20H2,1-3H3,(H,21,23);1H. The summed E-state index contributed by atoms with van der Waals surface area (Å²) in [7, 11) is 1.71. The van der Waals surface area contributed by atoms with Gasteiger partial charge in [0.2, 0.25) is 0 Å². The number of nitrogens with one attached hydrogen (secondary N) is 1. The molecular formula is C19H24ClN3O2. The number of para-hydroxylation sites is 1. The SMILES string of the molecule is CN(C(=O)c1cccc(C(=O)NC(C)(C)CN)c1)c1ccccc1.Cl. The van der Waals surface area contributed by atoms with E-state index >= 15 is 0 Å². The summed E-state index contributed by atoms with van der Waals surface area (Å²) in [4.78, 5) is 26.5. The van der Waals surface area contributed by atoms with Crippen molar-refractivity contribution in [2.75, 3.05) is 18.5 Å². The Balaban J connectivity index is 0.00000312. The molecule has 0 radical (unpaired) electrons. The minimum atomic E-state index is -0.502. The van der Waals surface area contributed by atoms with Crippen molar-refractivity contribution in [2.24, 2.45) is 5.73 Å². The van der Waals surface area contributed by atoms with Crippen LogP contribution in [0.15, 0.2) is 54.6 Å². The summed E-state index contributed by atoms with van der Waals surface area (Å²) < 4.78 is 0. The third kappa shape index (κ3) is 5.31. The smallest absolute Gasteiger partial charge is 0.258 e. The second-order valence-electron chi connectivity index (χ2n) is 6.32. The highest BCUT2D eigenvalue weighted by atomic mass is 35.5. The Kier molecular flexibility index (Phi) is 7.15. The molecule has 2 rings (SSSR count). The Labute approximate surface area is 154 Å². The molecule has 0 aliphatic heterocycles. The predicted molar refractivity (Wildman–Crippen MR) is 103 cm³/mol. The van der Waals surface area contributed by atoms with Crippen molar-refractivity contribution in [1.29, 1.82) is 0 Å². The Morgan fingerprint density at radius 3 is 2.24 bits per heavy atom. The molecule has 0 bridgehead atoms. The van der Waals surface area contributed by atoms with Crippen LogP contribution in [0.5, 0.6) is 0 Å². The third-order valence-electron chi connectivity index (χ3n) is 3.78. The van der Waals surface area contributed by atoms with Crippen LogP contribution in [0.2, 0.25) is 0 Å². The molecule has 0 spiro atoms. The zero-order chi connectivity index (χ0) is 17.7. The molecule has 3 N–H and O–H groups in total. The minimum absolute atomic E-state index is 0.